The number of benzene rings is 1. The largest absolute Gasteiger partial charge is 0.468 e. The highest BCUT2D eigenvalue weighted by atomic mass is 16.5. The van der Waals surface area contributed by atoms with Gasteiger partial charge < -0.3 is 13.9 Å². The van der Waals surface area contributed by atoms with Crippen molar-refractivity contribution in [2.75, 3.05) is 14.2 Å². The minimum atomic E-state index is -1.28. The van der Waals surface area contributed by atoms with Gasteiger partial charge in [0, 0.05) is 10.9 Å². The number of carbonyl (C=O) groups excluding carboxylic acids is 2. The summed E-state index contributed by atoms with van der Waals surface area (Å²) in [5, 5.41) is 1.07. The maximum atomic E-state index is 12.6. The summed E-state index contributed by atoms with van der Waals surface area (Å²) in [4.78, 5) is 25.1. The van der Waals surface area contributed by atoms with Crippen LogP contribution in [0.25, 0.3) is 17.0 Å². The summed E-state index contributed by atoms with van der Waals surface area (Å²) in [5.74, 6) is -0.200. The monoisotopic (exact) mass is 366 g/mol. The van der Waals surface area contributed by atoms with E-state index in [0.717, 1.165) is 39.0 Å². The van der Waals surface area contributed by atoms with Crippen LogP contribution in [0.4, 0.5) is 0 Å². The number of furan rings is 1. The third-order valence-electron chi connectivity index (χ3n) is 5.67. The Morgan fingerprint density at radius 1 is 1.00 bits per heavy atom. The highest BCUT2D eigenvalue weighted by molar-refractivity contribution is 6.01. The highest BCUT2D eigenvalue weighted by Crippen LogP contribution is 2.48. The zero-order valence-corrected chi connectivity index (χ0v) is 15.8. The number of para-hydroxylation sites is 1. The molecule has 2 aromatic rings. The fourth-order valence-corrected chi connectivity index (χ4v) is 4.42. The SMILES string of the molecule is COC(=O)C1(C(=O)OC)CC2=C(Cc3c(oc4ccccc34)/C=C(/C)C2)C1. The second kappa shape index (κ2) is 6.41. The summed E-state index contributed by atoms with van der Waals surface area (Å²) in [7, 11) is 2.63. The molecular weight excluding hydrogens is 344 g/mol. The van der Waals surface area contributed by atoms with Gasteiger partial charge in [0.15, 0.2) is 5.41 Å². The van der Waals surface area contributed by atoms with Crippen molar-refractivity contribution < 1.29 is 23.5 Å². The second-order valence-electron chi connectivity index (χ2n) is 7.41. The predicted molar refractivity (Wildman–Crippen MR) is 101 cm³/mol. The Kier molecular flexibility index (Phi) is 4.17. The molecular formula is C22H22O5. The fraction of sp³-hybridized carbons (Fsp3) is 0.364. The first-order valence-electron chi connectivity index (χ1n) is 9.02. The Hall–Kier alpha value is -2.82. The van der Waals surface area contributed by atoms with Gasteiger partial charge in [0.2, 0.25) is 0 Å². The normalized spacial score (nSPS) is 20.2. The van der Waals surface area contributed by atoms with Gasteiger partial charge in [-0.3, -0.25) is 9.59 Å². The highest BCUT2D eigenvalue weighted by Gasteiger charge is 2.53. The van der Waals surface area contributed by atoms with E-state index in [1.165, 1.54) is 14.2 Å². The molecule has 0 unspecified atom stereocenters. The first-order chi connectivity index (χ1) is 13.0. The lowest BCUT2D eigenvalue weighted by atomic mass is 9.83. The van der Waals surface area contributed by atoms with Crippen LogP contribution in [0.2, 0.25) is 0 Å². The van der Waals surface area contributed by atoms with Gasteiger partial charge in [-0.05, 0) is 44.7 Å². The van der Waals surface area contributed by atoms with E-state index >= 15 is 0 Å². The minimum absolute atomic E-state index is 0.327. The molecule has 1 aromatic carbocycles. The summed E-state index contributed by atoms with van der Waals surface area (Å²) in [6.07, 6.45) is 4.10. The first-order valence-corrected chi connectivity index (χ1v) is 9.02. The molecule has 1 heterocycles. The van der Waals surface area contributed by atoms with Gasteiger partial charge in [0.05, 0.1) is 14.2 Å². The van der Waals surface area contributed by atoms with Crippen molar-refractivity contribution in [2.45, 2.75) is 32.6 Å². The lowest BCUT2D eigenvalue weighted by molar-refractivity contribution is -0.168. The van der Waals surface area contributed by atoms with Crippen molar-refractivity contribution in [3.63, 3.8) is 0 Å². The Labute approximate surface area is 157 Å². The molecule has 0 radical (unpaired) electrons. The number of rotatable bonds is 2. The molecule has 0 saturated heterocycles. The Bertz CT molecular complexity index is 989. The molecule has 0 saturated carbocycles. The van der Waals surface area contributed by atoms with E-state index in [9.17, 15) is 9.59 Å². The molecule has 0 fully saturated rings. The number of esters is 2. The first kappa shape index (κ1) is 17.6. The van der Waals surface area contributed by atoms with E-state index < -0.39 is 17.4 Å². The quantitative estimate of drug-likeness (QED) is 0.453. The molecule has 27 heavy (non-hydrogen) atoms. The predicted octanol–water partition coefficient (Wildman–Crippen LogP) is 4.21. The van der Waals surface area contributed by atoms with Crippen LogP contribution in [-0.2, 0) is 25.5 Å². The number of allylic oxidation sites excluding steroid dienone is 3. The van der Waals surface area contributed by atoms with Gasteiger partial charge in [-0.2, -0.15) is 0 Å². The van der Waals surface area contributed by atoms with E-state index in [0.29, 0.717) is 25.7 Å². The van der Waals surface area contributed by atoms with Crippen LogP contribution in [0, 0.1) is 5.41 Å². The molecule has 0 spiro atoms. The lowest BCUT2D eigenvalue weighted by Crippen LogP contribution is -2.39. The number of fused-ring (bicyclic) bond motifs is 3. The molecule has 5 nitrogen and oxygen atoms in total. The number of hydrogen-bond acceptors (Lipinski definition) is 5. The molecule has 0 amide bonds. The third kappa shape index (κ3) is 2.69. The van der Waals surface area contributed by atoms with E-state index in [-0.39, 0.29) is 0 Å². The van der Waals surface area contributed by atoms with Crippen molar-refractivity contribution in [1.82, 2.24) is 0 Å². The molecule has 0 aliphatic heterocycles. The Balaban J connectivity index is 1.81. The number of ether oxygens (including phenoxy) is 2. The second-order valence-corrected chi connectivity index (χ2v) is 7.41. The van der Waals surface area contributed by atoms with Crippen molar-refractivity contribution in [3.8, 4) is 0 Å². The van der Waals surface area contributed by atoms with Crippen LogP contribution in [0.15, 0.2) is 45.4 Å². The molecule has 2 aliphatic rings. The molecule has 4 rings (SSSR count). The maximum absolute atomic E-state index is 12.6. The lowest BCUT2D eigenvalue weighted by Gasteiger charge is -2.23. The molecule has 0 atom stereocenters. The van der Waals surface area contributed by atoms with E-state index in [2.05, 4.69) is 6.08 Å². The van der Waals surface area contributed by atoms with Gasteiger partial charge in [0.1, 0.15) is 11.3 Å². The summed E-state index contributed by atoms with van der Waals surface area (Å²) < 4.78 is 16.0. The molecule has 2 aliphatic carbocycles. The molecule has 140 valence electrons. The van der Waals surface area contributed by atoms with Crippen molar-refractivity contribution in [3.05, 3.63) is 52.3 Å². The zero-order chi connectivity index (χ0) is 19.2. The van der Waals surface area contributed by atoms with Crippen LogP contribution >= 0.6 is 0 Å². The van der Waals surface area contributed by atoms with Gasteiger partial charge in [-0.25, -0.2) is 0 Å². The molecule has 0 bridgehead atoms. The van der Waals surface area contributed by atoms with Crippen molar-refractivity contribution >= 4 is 29.0 Å². The van der Waals surface area contributed by atoms with E-state index in [1.807, 2.05) is 31.2 Å². The number of carbonyl (C=O) groups is 2. The van der Waals surface area contributed by atoms with Crippen LogP contribution < -0.4 is 0 Å². The molecule has 0 N–H and O–H groups in total. The molecule has 1 aromatic heterocycles. The van der Waals surface area contributed by atoms with Crippen molar-refractivity contribution in [1.29, 1.82) is 0 Å². The minimum Gasteiger partial charge on any atom is -0.468 e. The van der Waals surface area contributed by atoms with Gasteiger partial charge >= 0.3 is 11.9 Å². The third-order valence-corrected chi connectivity index (χ3v) is 5.67. The number of methoxy groups -OCH3 is 2. The summed E-state index contributed by atoms with van der Waals surface area (Å²) in [6.45, 7) is 2.04. The fourth-order valence-electron chi connectivity index (χ4n) is 4.42. The molecule has 5 heteroatoms. The standard InChI is InChI=1S/C22H22O5/c1-13-8-14-11-22(20(23)25-2,21(24)26-3)12-15(14)10-17-16-6-4-5-7-18(16)27-19(17)9-13/h4-7,9H,8,10-12H2,1-3H3/b13-9-. The van der Waals surface area contributed by atoms with Gasteiger partial charge in [0.25, 0.3) is 0 Å². The smallest absolute Gasteiger partial charge is 0.323 e. The Morgan fingerprint density at radius 3 is 2.30 bits per heavy atom. The van der Waals surface area contributed by atoms with Crippen LogP contribution in [0.1, 0.15) is 37.5 Å². The van der Waals surface area contributed by atoms with Gasteiger partial charge in [-0.1, -0.05) is 34.9 Å². The van der Waals surface area contributed by atoms with Crippen LogP contribution in [0.3, 0.4) is 0 Å². The van der Waals surface area contributed by atoms with Crippen LogP contribution in [0.5, 0.6) is 0 Å². The number of hydrogen-bond donors (Lipinski definition) is 0. The topological polar surface area (TPSA) is 65.7 Å². The average molecular weight is 366 g/mol. The summed E-state index contributed by atoms with van der Waals surface area (Å²) >= 11 is 0. The van der Waals surface area contributed by atoms with Crippen molar-refractivity contribution in [2.24, 2.45) is 5.41 Å². The van der Waals surface area contributed by atoms with Crippen LogP contribution in [-0.4, -0.2) is 26.2 Å². The van der Waals surface area contributed by atoms with E-state index in [1.54, 1.807) is 0 Å². The maximum Gasteiger partial charge on any atom is 0.323 e. The zero-order valence-electron chi connectivity index (χ0n) is 15.8. The van der Waals surface area contributed by atoms with E-state index in [4.69, 9.17) is 13.9 Å². The Morgan fingerprint density at radius 2 is 1.63 bits per heavy atom. The summed E-state index contributed by atoms with van der Waals surface area (Å²) in [5.41, 5.74) is 4.02. The van der Waals surface area contributed by atoms with Gasteiger partial charge in [-0.15, -0.1) is 0 Å². The summed E-state index contributed by atoms with van der Waals surface area (Å²) in [6, 6.07) is 7.95. The average Bonchev–Trinajstić information content (AvgIpc) is 3.18.